The summed E-state index contributed by atoms with van der Waals surface area (Å²) in [5.74, 6) is 0.872. The van der Waals surface area contributed by atoms with Crippen LogP contribution >= 0.6 is 15.9 Å². The van der Waals surface area contributed by atoms with Gasteiger partial charge in [-0.15, -0.1) is 0 Å². The second-order valence-corrected chi connectivity index (χ2v) is 4.07. The summed E-state index contributed by atoms with van der Waals surface area (Å²) in [4.78, 5) is 0. The smallest absolute Gasteiger partial charge is 0.119 e. The fraction of sp³-hybridized carbons (Fsp3) is 0.0769. The third kappa shape index (κ3) is 3.10. The molecule has 0 saturated carbocycles. The van der Waals surface area contributed by atoms with Gasteiger partial charge in [0, 0.05) is 4.47 Å². The first kappa shape index (κ1) is 10.2. The van der Waals surface area contributed by atoms with Crippen LogP contribution in [0, 0.1) is 6.07 Å². The van der Waals surface area contributed by atoms with Crippen LogP contribution < -0.4 is 4.74 Å². The summed E-state index contributed by atoms with van der Waals surface area (Å²) in [5, 5.41) is 0. The molecule has 15 heavy (non-hydrogen) atoms. The van der Waals surface area contributed by atoms with Crippen molar-refractivity contribution in [3.63, 3.8) is 0 Å². The van der Waals surface area contributed by atoms with Crippen molar-refractivity contribution in [2.75, 3.05) is 0 Å². The first-order valence-electron chi connectivity index (χ1n) is 4.68. The molecule has 0 aliphatic heterocycles. The van der Waals surface area contributed by atoms with Crippen molar-refractivity contribution in [1.29, 1.82) is 0 Å². The normalized spacial score (nSPS) is 9.93. The topological polar surface area (TPSA) is 9.23 Å². The molecule has 2 aromatic rings. The summed E-state index contributed by atoms with van der Waals surface area (Å²) in [6, 6.07) is 18.5. The van der Waals surface area contributed by atoms with Gasteiger partial charge in [0.25, 0.3) is 0 Å². The minimum absolute atomic E-state index is 0.595. The molecule has 0 aliphatic rings. The zero-order valence-electron chi connectivity index (χ0n) is 8.11. The van der Waals surface area contributed by atoms with Gasteiger partial charge in [-0.3, -0.25) is 0 Å². The molecule has 0 fully saturated rings. The van der Waals surface area contributed by atoms with Gasteiger partial charge in [-0.25, -0.2) is 0 Å². The Morgan fingerprint density at radius 3 is 2.33 bits per heavy atom. The van der Waals surface area contributed by atoms with Gasteiger partial charge in [0.15, 0.2) is 0 Å². The highest BCUT2D eigenvalue weighted by atomic mass is 79.9. The molecular formula is C13H10BrO. The van der Waals surface area contributed by atoms with Gasteiger partial charge >= 0.3 is 0 Å². The van der Waals surface area contributed by atoms with Gasteiger partial charge in [-0.1, -0.05) is 40.2 Å². The van der Waals surface area contributed by atoms with Crippen molar-refractivity contribution in [1.82, 2.24) is 0 Å². The van der Waals surface area contributed by atoms with E-state index in [0.717, 1.165) is 15.8 Å². The Labute approximate surface area is 97.8 Å². The van der Waals surface area contributed by atoms with Crippen molar-refractivity contribution >= 4 is 15.9 Å². The van der Waals surface area contributed by atoms with E-state index in [9.17, 15) is 0 Å². The van der Waals surface area contributed by atoms with E-state index < -0.39 is 0 Å². The molecule has 0 spiro atoms. The molecule has 0 N–H and O–H groups in total. The SMILES string of the molecule is Brc1ccc(COc2cc[c]cc2)cc1. The Balaban J connectivity index is 1.96. The fourth-order valence-electron chi connectivity index (χ4n) is 1.22. The Morgan fingerprint density at radius 1 is 1.00 bits per heavy atom. The maximum Gasteiger partial charge on any atom is 0.119 e. The van der Waals surface area contributed by atoms with Crippen LogP contribution in [0.3, 0.4) is 0 Å². The maximum atomic E-state index is 5.60. The predicted molar refractivity (Wildman–Crippen MR) is 63.8 cm³/mol. The van der Waals surface area contributed by atoms with Crippen LogP contribution in [0.15, 0.2) is 53.0 Å². The molecule has 0 bridgehead atoms. The largest absolute Gasteiger partial charge is 0.489 e. The molecule has 2 rings (SSSR count). The molecule has 0 unspecified atom stereocenters. The summed E-state index contributed by atoms with van der Waals surface area (Å²) in [7, 11) is 0. The van der Waals surface area contributed by atoms with Crippen LogP contribution in [0.5, 0.6) is 5.75 Å². The average Bonchev–Trinajstić information content (AvgIpc) is 2.30. The van der Waals surface area contributed by atoms with E-state index in [0.29, 0.717) is 6.61 Å². The lowest BCUT2D eigenvalue weighted by molar-refractivity contribution is 0.306. The number of hydrogen-bond acceptors (Lipinski definition) is 1. The standard InChI is InChI=1S/C13H10BrO/c14-12-8-6-11(7-9-12)10-15-13-4-2-1-3-5-13/h2-9H,10H2. The van der Waals surface area contributed by atoms with Crippen LogP contribution in [-0.2, 0) is 6.61 Å². The van der Waals surface area contributed by atoms with E-state index in [4.69, 9.17) is 4.74 Å². The minimum atomic E-state index is 0.595. The number of ether oxygens (including phenoxy) is 1. The van der Waals surface area contributed by atoms with Crippen molar-refractivity contribution in [3.05, 3.63) is 64.6 Å². The number of benzene rings is 2. The quantitative estimate of drug-likeness (QED) is 0.816. The van der Waals surface area contributed by atoms with Gasteiger partial charge in [-0.05, 0) is 35.9 Å². The zero-order chi connectivity index (χ0) is 10.5. The Morgan fingerprint density at radius 2 is 1.67 bits per heavy atom. The highest BCUT2D eigenvalue weighted by molar-refractivity contribution is 9.10. The van der Waals surface area contributed by atoms with Crippen molar-refractivity contribution in [2.24, 2.45) is 0 Å². The van der Waals surface area contributed by atoms with E-state index in [2.05, 4.69) is 22.0 Å². The summed E-state index contributed by atoms with van der Waals surface area (Å²) < 4.78 is 6.68. The molecule has 0 heterocycles. The molecule has 75 valence electrons. The van der Waals surface area contributed by atoms with Gasteiger partial charge in [0.2, 0.25) is 0 Å². The van der Waals surface area contributed by atoms with Crippen LogP contribution in [0.25, 0.3) is 0 Å². The molecule has 1 nitrogen and oxygen atoms in total. The Kier molecular flexibility index (Phi) is 3.41. The zero-order valence-corrected chi connectivity index (χ0v) is 9.70. The number of halogens is 1. The van der Waals surface area contributed by atoms with Crippen molar-refractivity contribution in [2.45, 2.75) is 6.61 Å². The summed E-state index contributed by atoms with van der Waals surface area (Å²) in [6.07, 6.45) is 0. The molecule has 2 heteroatoms. The predicted octanol–water partition coefficient (Wildman–Crippen LogP) is 3.83. The lowest BCUT2D eigenvalue weighted by atomic mass is 10.2. The van der Waals surface area contributed by atoms with Crippen molar-refractivity contribution < 1.29 is 4.74 Å². The summed E-state index contributed by atoms with van der Waals surface area (Å²) >= 11 is 3.40. The summed E-state index contributed by atoms with van der Waals surface area (Å²) in [6.45, 7) is 0.595. The lowest BCUT2D eigenvalue weighted by Gasteiger charge is -2.05. The second-order valence-electron chi connectivity index (χ2n) is 3.15. The molecule has 0 amide bonds. The number of hydrogen-bond donors (Lipinski definition) is 0. The summed E-state index contributed by atoms with van der Waals surface area (Å²) in [5.41, 5.74) is 1.16. The van der Waals surface area contributed by atoms with Crippen LogP contribution in [-0.4, -0.2) is 0 Å². The molecule has 0 saturated heterocycles. The van der Waals surface area contributed by atoms with E-state index in [1.165, 1.54) is 0 Å². The average molecular weight is 262 g/mol. The maximum absolute atomic E-state index is 5.60. The van der Waals surface area contributed by atoms with Crippen LogP contribution in [0.1, 0.15) is 5.56 Å². The third-order valence-electron chi connectivity index (χ3n) is 2.01. The van der Waals surface area contributed by atoms with Gasteiger partial charge in [0.05, 0.1) is 0 Å². The van der Waals surface area contributed by atoms with Gasteiger partial charge in [-0.2, -0.15) is 0 Å². The second kappa shape index (κ2) is 4.99. The van der Waals surface area contributed by atoms with Crippen LogP contribution in [0.2, 0.25) is 0 Å². The number of rotatable bonds is 3. The fourth-order valence-corrected chi connectivity index (χ4v) is 1.48. The molecule has 1 radical (unpaired) electrons. The van der Waals surface area contributed by atoms with E-state index in [-0.39, 0.29) is 0 Å². The first-order valence-corrected chi connectivity index (χ1v) is 5.47. The molecular weight excluding hydrogens is 252 g/mol. The molecule has 0 aromatic heterocycles. The van der Waals surface area contributed by atoms with Gasteiger partial charge < -0.3 is 4.74 Å². The third-order valence-corrected chi connectivity index (χ3v) is 2.54. The van der Waals surface area contributed by atoms with E-state index >= 15 is 0 Å². The minimum Gasteiger partial charge on any atom is -0.489 e. The van der Waals surface area contributed by atoms with Crippen LogP contribution in [0.4, 0.5) is 0 Å². The van der Waals surface area contributed by atoms with E-state index in [1.54, 1.807) is 0 Å². The first-order chi connectivity index (χ1) is 7.34. The highest BCUT2D eigenvalue weighted by Crippen LogP contribution is 2.14. The highest BCUT2D eigenvalue weighted by Gasteiger charge is 1.94. The monoisotopic (exact) mass is 261 g/mol. The van der Waals surface area contributed by atoms with E-state index in [1.807, 2.05) is 48.5 Å². The Bertz CT molecular complexity index is 408. The lowest BCUT2D eigenvalue weighted by Crippen LogP contribution is -1.94. The van der Waals surface area contributed by atoms with Gasteiger partial charge in [0.1, 0.15) is 12.4 Å². The van der Waals surface area contributed by atoms with Crippen molar-refractivity contribution in [3.8, 4) is 5.75 Å². The Hall–Kier alpha value is -1.28. The molecule has 0 aliphatic carbocycles. The molecule has 2 aromatic carbocycles. The molecule has 0 atom stereocenters.